The summed E-state index contributed by atoms with van der Waals surface area (Å²) in [6.07, 6.45) is 4.55. The highest BCUT2D eigenvalue weighted by atomic mass is 35.5. The summed E-state index contributed by atoms with van der Waals surface area (Å²) >= 11 is 6.16. The van der Waals surface area contributed by atoms with Crippen LogP contribution in [0.25, 0.3) is 11.5 Å². The molecule has 18 heavy (non-hydrogen) atoms. The Morgan fingerprint density at radius 3 is 2.78 bits per heavy atom. The number of hydrogen-bond acceptors (Lipinski definition) is 6. The molecule has 0 unspecified atom stereocenters. The Morgan fingerprint density at radius 1 is 1.28 bits per heavy atom. The van der Waals surface area contributed by atoms with Gasteiger partial charge in [-0.15, -0.1) is 4.80 Å². The zero-order chi connectivity index (χ0) is 12.5. The van der Waals surface area contributed by atoms with Crippen LogP contribution in [0.15, 0.2) is 18.7 Å². The normalized spacial score (nSPS) is 11.0. The molecule has 0 saturated heterocycles. The van der Waals surface area contributed by atoms with E-state index >= 15 is 0 Å². The van der Waals surface area contributed by atoms with Gasteiger partial charge in [-0.05, 0) is 6.92 Å². The first-order chi connectivity index (χ1) is 8.81. The maximum atomic E-state index is 6.16. The first-order valence-electron chi connectivity index (χ1n) is 5.31. The highest BCUT2D eigenvalue weighted by Gasteiger charge is 2.17. The fourth-order valence-corrected chi connectivity index (χ4v) is 1.88. The molecule has 3 rings (SSSR count). The number of rotatable bonds is 3. The third kappa shape index (κ3) is 1.58. The van der Waals surface area contributed by atoms with E-state index in [0.717, 1.165) is 0 Å². The van der Waals surface area contributed by atoms with Gasteiger partial charge in [-0.2, -0.15) is 29.8 Å². The second-order valence-corrected chi connectivity index (χ2v) is 3.78. The van der Waals surface area contributed by atoms with E-state index < -0.39 is 0 Å². The lowest BCUT2D eigenvalue weighted by Gasteiger charge is -2.11. The van der Waals surface area contributed by atoms with Crippen LogP contribution in [0.4, 0.5) is 5.82 Å². The van der Waals surface area contributed by atoms with Crippen molar-refractivity contribution in [3.05, 3.63) is 23.9 Å². The number of halogens is 1. The number of aromatic nitrogens is 7. The number of hydrogen-bond donors (Lipinski definition) is 1. The van der Waals surface area contributed by atoms with Gasteiger partial charge in [0, 0.05) is 6.54 Å². The van der Waals surface area contributed by atoms with Crippen molar-refractivity contribution in [2.45, 2.75) is 6.92 Å². The number of nitrogens with zero attached hydrogens (tertiary/aromatic N) is 7. The van der Waals surface area contributed by atoms with Crippen LogP contribution >= 0.6 is 11.6 Å². The van der Waals surface area contributed by atoms with Crippen LogP contribution in [-0.2, 0) is 0 Å². The summed E-state index contributed by atoms with van der Waals surface area (Å²) in [6.45, 7) is 2.67. The number of fused-ring (bicyclic) bond motifs is 1. The third-order valence-corrected chi connectivity index (χ3v) is 2.59. The minimum absolute atomic E-state index is 0.266. The largest absolute Gasteiger partial charge is 0.368 e. The maximum Gasteiger partial charge on any atom is 0.255 e. The van der Waals surface area contributed by atoms with E-state index in [0.29, 0.717) is 23.8 Å². The predicted octanol–water partition coefficient (Wildman–Crippen LogP) is 0.790. The molecule has 0 aliphatic carbocycles. The Morgan fingerprint density at radius 2 is 2.06 bits per heavy atom. The van der Waals surface area contributed by atoms with Crippen molar-refractivity contribution >= 4 is 23.2 Å². The molecule has 8 nitrogen and oxygen atoms in total. The lowest BCUT2D eigenvalue weighted by Crippen LogP contribution is -2.13. The minimum atomic E-state index is 0.266. The van der Waals surface area contributed by atoms with Gasteiger partial charge in [0.1, 0.15) is 6.33 Å². The summed E-state index contributed by atoms with van der Waals surface area (Å²) in [4.78, 5) is 9.56. The molecule has 1 N–H and O–H groups in total. The Labute approximate surface area is 107 Å². The van der Waals surface area contributed by atoms with Crippen LogP contribution in [0.2, 0.25) is 5.15 Å². The average molecular weight is 265 g/mol. The summed E-state index contributed by atoms with van der Waals surface area (Å²) in [7, 11) is 0. The molecule has 3 aromatic rings. The quantitative estimate of drug-likeness (QED) is 0.704. The maximum absolute atomic E-state index is 6.16. The van der Waals surface area contributed by atoms with Crippen LogP contribution in [0.3, 0.4) is 0 Å². The van der Waals surface area contributed by atoms with Crippen molar-refractivity contribution in [1.29, 1.82) is 0 Å². The van der Waals surface area contributed by atoms with Gasteiger partial charge in [0.05, 0.1) is 12.4 Å². The Hall–Kier alpha value is -2.22. The lowest BCUT2D eigenvalue weighted by molar-refractivity contribution is 0.738. The topological polar surface area (TPSA) is 85.8 Å². The molecule has 0 spiro atoms. The summed E-state index contributed by atoms with van der Waals surface area (Å²) < 4.78 is 1.56. The molecule has 0 atom stereocenters. The van der Waals surface area contributed by atoms with Crippen LogP contribution in [0, 0.1) is 0 Å². The van der Waals surface area contributed by atoms with Crippen LogP contribution in [-0.4, -0.2) is 41.1 Å². The van der Waals surface area contributed by atoms with Gasteiger partial charge < -0.3 is 5.32 Å². The molecular weight excluding hydrogens is 256 g/mol. The van der Waals surface area contributed by atoms with E-state index in [1.807, 2.05) is 6.92 Å². The molecule has 92 valence electrons. The molecule has 0 aromatic carbocycles. The van der Waals surface area contributed by atoms with Gasteiger partial charge in [0.15, 0.2) is 16.7 Å². The summed E-state index contributed by atoms with van der Waals surface area (Å²) in [5.74, 6) is 1.08. The zero-order valence-electron chi connectivity index (χ0n) is 9.45. The highest BCUT2D eigenvalue weighted by molar-refractivity contribution is 6.31. The summed E-state index contributed by atoms with van der Waals surface area (Å²) in [6, 6.07) is 0. The molecule has 0 amide bonds. The monoisotopic (exact) mass is 264 g/mol. The van der Waals surface area contributed by atoms with Gasteiger partial charge in [0.2, 0.25) is 0 Å². The van der Waals surface area contributed by atoms with Crippen LogP contribution in [0.5, 0.6) is 0 Å². The van der Waals surface area contributed by atoms with Gasteiger partial charge in [0.25, 0.3) is 5.78 Å². The Kier molecular flexibility index (Phi) is 2.56. The highest BCUT2D eigenvalue weighted by Crippen LogP contribution is 2.25. The molecule has 3 heterocycles. The van der Waals surface area contributed by atoms with Crippen molar-refractivity contribution in [3.63, 3.8) is 0 Å². The number of anilines is 1. The Balaban J connectivity index is 2.34. The minimum Gasteiger partial charge on any atom is -0.368 e. The fraction of sp³-hybridized carbons (Fsp3) is 0.222. The molecule has 0 saturated carbocycles. The van der Waals surface area contributed by atoms with Crippen LogP contribution < -0.4 is 5.32 Å². The standard InChI is InChI=1S/C9H9ClN8/c1-2-11-8-6(18-13-3-4-14-18)7(10)16-9-12-5-15-17(8)9/h3-5,11H,2H2,1H3. The van der Waals surface area contributed by atoms with Gasteiger partial charge in [-0.25, -0.2) is 0 Å². The van der Waals surface area contributed by atoms with E-state index in [4.69, 9.17) is 11.6 Å². The molecule has 0 radical (unpaired) electrons. The van der Waals surface area contributed by atoms with E-state index in [2.05, 4.69) is 30.6 Å². The lowest BCUT2D eigenvalue weighted by atomic mass is 10.4. The molecule has 0 bridgehead atoms. The average Bonchev–Trinajstić information content (AvgIpc) is 2.98. The van der Waals surface area contributed by atoms with Crippen molar-refractivity contribution in [2.24, 2.45) is 0 Å². The molecule has 0 aliphatic heterocycles. The number of nitrogens with one attached hydrogen (secondary N) is 1. The summed E-state index contributed by atoms with van der Waals surface area (Å²) in [5, 5.41) is 15.7. The predicted molar refractivity (Wildman–Crippen MR) is 64.9 cm³/mol. The molecular formula is C9H9ClN8. The zero-order valence-corrected chi connectivity index (χ0v) is 10.2. The molecule has 3 aromatic heterocycles. The van der Waals surface area contributed by atoms with E-state index in [1.54, 1.807) is 16.9 Å². The van der Waals surface area contributed by atoms with Crippen molar-refractivity contribution in [3.8, 4) is 5.69 Å². The first-order valence-corrected chi connectivity index (χ1v) is 5.69. The fourth-order valence-electron chi connectivity index (χ4n) is 1.64. The second-order valence-electron chi connectivity index (χ2n) is 3.42. The van der Waals surface area contributed by atoms with E-state index in [1.165, 1.54) is 11.1 Å². The first kappa shape index (κ1) is 10.9. The third-order valence-electron chi connectivity index (χ3n) is 2.32. The smallest absolute Gasteiger partial charge is 0.255 e. The molecule has 0 fully saturated rings. The summed E-state index contributed by atoms with van der Waals surface area (Å²) in [5.41, 5.74) is 0.543. The van der Waals surface area contributed by atoms with E-state index in [9.17, 15) is 0 Å². The van der Waals surface area contributed by atoms with Gasteiger partial charge in [-0.1, -0.05) is 11.6 Å². The van der Waals surface area contributed by atoms with Crippen molar-refractivity contribution in [1.82, 2.24) is 34.6 Å². The molecule has 0 aliphatic rings. The van der Waals surface area contributed by atoms with Crippen LogP contribution in [0.1, 0.15) is 6.92 Å². The van der Waals surface area contributed by atoms with E-state index in [-0.39, 0.29) is 5.15 Å². The second kappa shape index (κ2) is 4.22. The van der Waals surface area contributed by atoms with Crippen molar-refractivity contribution < 1.29 is 0 Å². The van der Waals surface area contributed by atoms with Crippen molar-refractivity contribution in [2.75, 3.05) is 11.9 Å². The van der Waals surface area contributed by atoms with Gasteiger partial charge >= 0.3 is 0 Å². The SMILES string of the molecule is CCNc1c(-n2nccn2)c(Cl)nc2ncnn12. The Bertz CT molecular complexity index is 673. The van der Waals surface area contributed by atoms with Gasteiger partial charge in [-0.3, -0.25) is 0 Å². The molecule has 9 heteroatoms.